The number of phenolic OH excluding ortho intramolecular Hbond substituents is 1. The number of fused-ring (bicyclic) bond motifs is 5. The smallest absolute Gasteiger partial charge is 0.139 e. The van der Waals surface area contributed by atoms with Crippen molar-refractivity contribution in [3.63, 3.8) is 0 Å². The predicted molar refractivity (Wildman–Crippen MR) is 106 cm³/mol. The number of alkyl halides is 2. The lowest BCUT2D eigenvalue weighted by atomic mass is 9.51. The van der Waals surface area contributed by atoms with Gasteiger partial charge in [-0.3, -0.25) is 4.79 Å². The Hall–Kier alpha value is -1.09. The Morgan fingerprint density at radius 2 is 2.11 bits per heavy atom. The van der Waals surface area contributed by atoms with Crippen molar-refractivity contribution in [2.75, 3.05) is 5.88 Å². The van der Waals surface area contributed by atoms with Crippen molar-refractivity contribution >= 4 is 17.4 Å². The number of halogens is 2. The zero-order chi connectivity index (χ0) is 19.2. The number of aromatic hydroxyl groups is 1. The molecule has 2 saturated carbocycles. The van der Waals surface area contributed by atoms with Crippen molar-refractivity contribution in [1.29, 1.82) is 0 Å². The highest BCUT2D eigenvalue weighted by molar-refractivity contribution is 6.17. The number of rotatable bonds is 5. The molecule has 27 heavy (non-hydrogen) atoms. The molecule has 4 rings (SSSR count). The van der Waals surface area contributed by atoms with Gasteiger partial charge < -0.3 is 5.11 Å². The Morgan fingerprint density at radius 3 is 2.89 bits per heavy atom. The number of ketones is 1. The molecular weight excluding hydrogens is 363 g/mol. The first-order valence-electron chi connectivity index (χ1n) is 10.5. The lowest BCUT2D eigenvalue weighted by Crippen LogP contribution is -2.50. The molecule has 0 saturated heterocycles. The van der Waals surface area contributed by atoms with Crippen LogP contribution < -0.4 is 0 Å². The Bertz CT molecular complexity index is 720. The van der Waals surface area contributed by atoms with Crippen LogP contribution in [0.2, 0.25) is 0 Å². The van der Waals surface area contributed by atoms with E-state index in [2.05, 4.69) is 0 Å². The van der Waals surface area contributed by atoms with Gasteiger partial charge in [-0.1, -0.05) is 25.8 Å². The lowest BCUT2D eigenvalue weighted by molar-refractivity contribution is -0.132. The number of carbonyl (C=O) groups excluding carboxylic acids is 1. The van der Waals surface area contributed by atoms with Crippen LogP contribution in [-0.2, 0) is 11.2 Å². The van der Waals surface area contributed by atoms with Gasteiger partial charge in [0.15, 0.2) is 0 Å². The molecule has 2 nitrogen and oxygen atoms in total. The minimum atomic E-state index is -0.979. The van der Waals surface area contributed by atoms with Crippen LogP contribution in [0.4, 0.5) is 4.39 Å². The van der Waals surface area contributed by atoms with Gasteiger partial charge in [-0.25, -0.2) is 4.39 Å². The molecule has 6 atom stereocenters. The highest BCUT2D eigenvalue weighted by Gasteiger charge is 2.60. The average molecular weight is 393 g/mol. The molecule has 0 bridgehead atoms. The van der Waals surface area contributed by atoms with Crippen LogP contribution in [-0.4, -0.2) is 22.9 Å². The van der Waals surface area contributed by atoms with Crippen LogP contribution in [0.3, 0.4) is 0 Å². The summed E-state index contributed by atoms with van der Waals surface area (Å²) in [6, 6.07) is 5.45. The first-order valence-corrected chi connectivity index (χ1v) is 11.0. The Kier molecular flexibility index (Phi) is 5.26. The monoisotopic (exact) mass is 392 g/mol. The number of unbranched alkanes of at least 4 members (excludes halogenated alkanes) is 2. The molecule has 1 unspecified atom stereocenters. The van der Waals surface area contributed by atoms with Gasteiger partial charge in [0, 0.05) is 23.6 Å². The second kappa shape index (κ2) is 7.39. The van der Waals surface area contributed by atoms with E-state index in [1.807, 2.05) is 19.1 Å². The third-order valence-corrected chi connectivity index (χ3v) is 8.01. The van der Waals surface area contributed by atoms with Gasteiger partial charge in [0.05, 0.1) is 0 Å². The Balaban J connectivity index is 1.70. The SMILES string of the molecule is C[C@]12CC(F)[C@@H]3c4ccc(O)cc4C[C@@H](CCCCCCl)[C@H]3[C@@H]1CCC2=O. The topological polar surface area (TPSA) is 37.3 Å². The van der Waals surface area contributed by atoms with Crippen LogP contribution >= 0.6 is 11.6 Å². The number of carbonyl (C=O) groups is 1. The van der Waals surface area contributed by atoms with E-state index in [-0.39, 0.29) is 23.4 Å². The Morgan fingerprint density at radius 1 is 1.30 bits per heavy atom. The van der Waals surface area contributed by atoms with Crippen LogP contribution in [0.1, 0.15) is 68.9 Å². The zero-order valence-corrected chi connectivity index (χ0v) is 16.9. The Labute approximate surface area is 166 Å². The highest BCUT2D eigenvalue weighted by Crippen LogP contribution is 2.62. The first-order chi connectivity index (χ1) is 13.0. The molecule has 3 aliphatic carbocycles. The van der Waals surface area contributed by atoms with E-state index in [1.54, 1.807) is 6.07 Å². The van der Waals surface area contributed by atoms with Crippen molar-refractivity contribution in [2.24, 2.45) is 23.2 Å². The molecule has 148 valence electrons. The molecular formula is C23H30ClFO2. The minimum Gasteiger partial charge on any atom is -0.508 e. The van der Waals surface area contributed by atoms with E-state index in [1.165, 1.54) is 0 Å². The molecule has 1 aromatic carbocycles. The van der Waals surface area contributed by atoms with E-state index in [0.29, 0.717) is 30.6 Å². The van der Waals surface area contributed by atoms with Crippen molar-refractivity contribution < 1.29 is 14.3 Å². The summed E-state index contributed by atoms with van der Waals surface area (Å²) in [7, 11) is 0. The summed E-state index contributed by atoms with van der Waals surface area (Å²) in [5, 5.41) is 9.96. The first kappa shape index (κ1) is 19.2. The molecule has 0 aliphatic heterocycles. The molecule has 0 heterocycles. The zero-order valence-electron chi connectivity index (χ0n) is 16.1. The van der Waals surface area contributed by atoms with Gasteiger partial charge >= 0.3 is 0 Å². The fourth-order valence-electron chi connectivity index (χ4n) is 6.51. The second-order valence-corrected chi connectivity index (χ2v) is 9.57. The summed E-state index contributed by atoms with van der Waals surface area (Å²) >= 11 is 5.83. The van der Waals surface area contributed by atoms with E-state index >= 15 is 4.39 Å². The van der Waals surface area contributed by atoms with E-state index < -0.39 is 11.6 Å². The van der Waals surface area contributed by atoms with E-state index in [4.69, 9.17) is 11.6 Å². The normalized spacial score (nSPS) is 37.6. The summed E-state index contributed by atoms with van der Waals surface area (Å²) < 4.78 is 15.5. The molecule has 1 N–H and O–H groups in total. The molecule has 1 aromatic rings. The van der Waals surface area contributed by atoms with Gasteiger partial charge in [-0.15, -0.1) is 11.6 Å². The van der Waals surface area contributed by atoms with Crippen LogP contribution in [0.25, 0.3) is 0 Å². The molecule has 0 aromatic heterocycles. The van der Waals surface area contributed by atoms with Crippen LogP contribution in [0, 0.1) is 23.2 Å². The second-order valence-electron chi connectivity index (χ2n) is 9.19. The van der Waals surface area contributed by atoms with Gasteiger partial charge in [0.2, 0.25) is 0 Å². The van der Waals surface area contributed by atoms with Crippen molar-refractivity contribution in [2.45, 2.75) is 70.4 Å². The standard InChI is InChI=1S/C23H30ClFO2/c1-23-13-19(25)22-17-7-6-16(26)12-15(17)11-14(5-3-2-4-10-24)21(22)18(23)8-9-20(23)27/h6-7,12,14,18-19,21-22,26H,2-5,8-11,13H2,1H3/t14-,18+,19?,21+,22+,23+/m1/s1. The molecule has 0 amide bonds. The maximum absolute atomic E-state index is 15.5. The van der Waals surface area contributed by atoms with Crippen LogP contribution in [0.5, 0.6) is 5.75 Å². The molecule has 0 radical (unpaired) electrons. The minimum absolute atomic E-state index is 0.128. The van der Waals surface area contributed by atoms with Crippen molar-refractivity contribution in [3.05, 3.63) is 29.3 Å². The maximum Gasteiger partial charge on any atom is 0.139 e. The number of hydrogen-bond acceptors (Lipinski definition) is 2. The molecule has 3 aliphatic rings. The van der Waals surface area contributed by atoms with Gasteiger partial charge in [0.25, 0.3) is 0 Å². The van der Waals surface area contributed by atoms with Gasteiger partial charge in [-0.2, -0.15) is 0 Å². The van der Waals surface area contributed by atoms with E-state index in [0.717, 1.165) is 49.7 Å². The quantitative estimate of drug-likeness (QED) is 0.508. The van der Waals surface area contributed by atoms with Crippen LogP contribution in [0.15, 0.2) is 18.2 Å². The largest absolute Gasteiger partial charge is 0.508 e. The summed E-state index contributed by atoms with van der Waals surface area (Å²) in [6.45, 7) is 2.02. The summed E-state index contributed by atoms with van der Waals surface area (Å²) in [5.41, 5.74) is 1.70. The molecule has 4 heteroatoms. The van der Waals surface area contributed by atoms with Crippen molar-refractivity contribution in [3.8, 4) is 5.75 Å². The van der Waals surface area contributed by atoms with E-state index in [9.17, 15) is 9.90 Å². The number of Topliss-reactive ketones (excluding diaryl/α,β-unsaturated/α-hetero) is 1. The molecule has 2 fully saturated rings. The predicted octanol–water partition coefficient (Wildman–Crippen LogP) is 5.79. The lowest BCUT2D eigenvalue weighted by Gasteiger charge is -2.53. The van der Waals surface area contributed by atoms with Crippen molar-refractivity contribution in [1.82, 2.24) is 0 Å². The average Bonchev–Trinajstić information content (AvgIpc) is 2.92. The summed E-state index contributed by atoms with van der Waals surface area (Å²) in [4.78, 5) is 12.6. The maximum atomic E-state index is 15.5. The summed E-state index contributed by atoms with van der Waals surface area (Å²) in [5.74, 6) is 2.01. The third kappa shape index (κ3) is 3.20. The van der Waals surface area contributed by atoms with Gasteiger partial charge in [-0.05, 0) is 73.1 Å². The number of hydrogen-bond donors (Lipinski definition) is 1. The highest BCUT2D eigenvalue weighted by atomic mass is 35.5. The fourth-order valence-corrected chi connectivity index (χ4v) is 6.70. The third-order valence-electron chi connectivity index (χ3n) is 7.75. The summed E-state index contributed by atoms with van der Waals surface area (Å²) in [6.07, 6.45) is 6.06. The number of benzene rings is 1. The van der Waals surface area contributed by atoms with Gasteiger partial charge in [0.1, 0.15) is 17.7 Å². The molecule has 0 spiro atoms. The fraction of sp³-hybridized carbons (Fsp3) is 0.696. The number of phenols is 1.